The maximum Gasteiger partial charge on any atom is 0.257 e. The molecule has 1 N–H and O–H groups in total. The van der Waals surface area contributed by atoms with Crippen LogP contribution in [-0.4, -0.2) is 5.91 Å². The third-order valence-electron chi connectivity index (χ3n) is 4.13. The van der Waals surface area contributed by atoms with Gasteiger partial charge in [0.05, 0.1) is 11.1 Å². The molecule has 1 aromatic heterocycles. The van der Waals surface area contributed by atoms with Crippen molar-refractivity contribution < 1.29 is 4.79 Å². The van der Waals surface area contributed by atoms with Crippen LogP contribution < -0.4 is 5.32 Å². The van der Waals surface area contributed by atoms with Crippen molar-refractivity contribution in [3.63, 3.8) is 0 Å². The van der Waals surface area contributed by atoms with Gasteiger partial charge in [-0.2, -0.15) is 5.26 Å². The Kier molecular flexibility index (Phi) is 5.14. The fraction of sp³-hybridized carbons (Fsp3) is 0.333. The van der Waals surface area contributed by atoms with Gasteiger partial charge in [-0.05, 0) is 59.3 Å². The molecule has 0 saturated carbocycles. The number of nitrogens with one attached hydrogen (secondary N) is 1. The van der Waals surface area contributed by atoms with E-state index in [1.807, 2.05) is 18.2 Å². The number of halogens is 1. The Labute approximate surface area is 148 Å². The number of nitrogens with zero attached hydrogens (tertiary/aromatic N) is 1. The zero-order valence-corrected chi connectivity index (χ0v) is 15.1. The van der Waals surface area contributed by atoms with Crippen LogP contribution in [0.15, 0.2) is 28.7 Å². The molecular weight excluding hydrogens is 372 g/mol. The Morgan fingerprint density at radius 1 is 1.17 bits per heavy atom. The molecule has 2 aromatic rings. The van der Waals surface area contributed by atoms with E-state index in [0.717, 1.165) is 35.7 Å². The van der Waals surface area contributed by atoms with Crippen LogP contribution in [0.4, 0.5) is 5.00 Å². The Morgan fingerprint density at radius 3 is 2.65 bits per heavy atom. The summed E-state index contributed by atoms with van der Waals surface area (Å²) < 4.78 is 0.755. The third-order valence-corrected chi connectivity index (χ3v) is 6.03. The van der Waals surface area contributed by atoms with Gasteiger partial charge in [-0.3, -0.25) is 4.79 Å². The Bertz CT molecular complexity index is 776. The lowest BCUT2D eigenvalue weighted by atomic mass is 9.97. The van der Waals surface area contributed by atoms with Crippen molar-refractivity contribution >= 4 is 38.2 Å². The lowest BCUT2D eigenvalue weighted by molar-refractivity contribution is 0.102. The van der Waals surface area contributed by atoms with Crippen LogP contribution in [-0.2, 0) is 12.8 Å². The molecule has 1 aromatic carbocycles. The molecule has 23 heavy (non-hydrogen) atoms. The number of anilines is 1. The molecule has 0 spiro atoms. The van der Waals surface area contributed by atoms with Gasteiger partial charge in [0.1, 0.15) is 11.1 Å². The third kappa shape index (κ3) is 3.49. The van der Waals surface area contributed by atoms with E-state index < -0.39 is 0 Å². The number of rotatable bonds is 2. The highest BCUT2D eigenvalue weighted by Crippen LogP contribution is 2.37. The largest absolute Gasteiger partial charge is 0.312 e. The monoisotopic (exact) mass is 388 g/mol. The molecule has 3 nitrogen and oxygen atoms in total. The molecule has 0 fully saturated rings. The second-order valence-corrected chi connectivity index (χ2v) is 7.63. The highest BCUT2D eigenvalue weighted by atomic mass is 79.9. The highest BCUT2D eigenvalue weighted by molar-refractivity contribution is 9.10. The van der Waals surface area contributed by atoms with Crippen LogP contribution in [0.5, 0.6) is 0 Å². The molecule has 0 unspecified atom stereocenters. The summed E-state index contributed by atoms with van der Waals surface area (Å²) in [6, 6.07) is 9.63. The summed E-state index contributed by atoms with van der Waals surface area (Å²) in [6.45, 7) is 0. The predicted octanol–water partition coefficient (Wildman–Crippen LogP) is 5.29. The number of hydrogen-bond donors (Lipinski definition) is 1. The van der Waals surface area contributed by atoms with E-state index in [0.29, 0.717) is 16.1 Å². The van der Waals surface area contributed by atoms with Gasteiger partial charge in [0.15, 0.2) is 0 Å². The van der Waals surface area contributed by atoms with Gasteiger partial charge in [0.2, 0.25) is 0 Å². The van der Waals surface area contributed by atoms with Gasteiger partial charge < -0.3 is 5.32 Å². The van der Waals surface area contributed by atoms with E-state index >= 15 is 0 Å². The first-order chi connectivity index (χ1) is 11.2. The zero-order chi connectivity index (χ0) is 16.2. The fourth-order valence-corrected chi connectivity index (χ4v) is 4.64. The molecule has 1 amide bonds. The van der Waals surface area contributed by atoms with E-state index in [1.54, 1.807) is 17.4 Å². The normalized spacial score (nSPS) is 14.3. The lowest BCUT2D eigenvalue weighted by Crippen LogP contribution is -2.12. The minimum absolute atomic E-state index is 0.178. The van der Waals surface area contributed by atoms with E-state index in [9.17, 15) is 10.1 Å². The summed E-state index contributed by atoms with van der Waals surface area (Å²) in [5.41, 5.74) is 2.39. The maximum atomic E-state index is 12.5. The van der Waals surface area contributed by atoms with Crippen LogP contribution in [0.25, 0.3) is 0 Å². The molecule has 0 bridgehead atoms. The summed E-state index contributed by atoms with van der Waals surface area (Å²) >= 11 is 4.97. The summed E-state index contributed by atoms with van der Waals surface area (Å²) in [5, 5.41) is 13.2. The van der Waals surface area contributed by atoms with Gasteiger partial charge in [0, 0.05) is 9.35 Å². The lowest BCUT2D eigenvalue weighted by Gasteiger charge is -2.08. The Morgan fingerprint density at radius 2 is 1.91 bits per heavy atom. The Hall–Kier alpha value is -1.64. The number of carbonyl (C=O) groups excluding carboxylic acids is 1. The average molecular weight is 389 g/mol. The van der Waals surface area contributed by atoms with Crippen molar-refractivity contribution in [1.82, 2.24) is 0 Å². The summed E-state index contributed by atoms with van der Waals surface area (Å²) in [6.07, 6.45) is 6.71. The van der Waals surface area contributed by atoms with Gasteiger partial charge >= 0.3 is 0 Å². The first-order valence-electron chi connectivity index (χ1n) is 7.81. The van der Waals surface area contributed by atoms with Gasteiger partial charge in [-0.1, -0.05) is 25.0 Å². The number of fused-ring (bicyclic) bond motifs is 1. The van der Waals surface area contributed by atoms with Gasteiger partial charge in [-0.15, -0.1) is 11.3 Å². The molecule has 1 aliphatic rings. The number of benzene rings is 1. The maximum absolute atomic E-state index is 12.5. The molecule has 1 aliphatic carbocycles. The van der Waals surface area contributed by atoms with Crippen LogP contribution in [0.2, 0.25) is 0 Å². The predicted molar refractivity (Wildman–Crippen MR) is 97.0 cm³/mol. The van der Waals surface area contributed by atoms with Crippen molar-refractivity contribution in [3.8, 4) is 6.07 Å². The van der Waals surface area contributed by atoms with E-state index in [1.165, 1.54) is 17.7 Å². The van der Waals surface area contributed by atoms with Gasteiger partial charge in [-0.25, -0.2) is 0 Å². The second-order valence-electron chi connectivity index (χ2n) is 5.67. The molecule has 3 rings (SSSR count). The van der Waals surface area contributed by atoms with E-state index in [4.69, 9.17) is 0 Å². The van der Waals surface area contributed by atoms with Crippen LogP contribution >= 0.6 is 27.3 Å². The molecule has 5 heteroatoms. The standard InChI is InChI=1S/C18H17BrN2OS/c19-15-9-6-5-8-13(15)17(22)21-18-14(11-20)12-7-3-1-2-4-10-16(12)23-18/h5-6,8-9H,1-4,7,10H2,(H,21,22). The second kappa shape index (κ2) is 7.29. The van der Waals surface area contributed by atoms with Crippen LogP contribution in [0, 0.1) is 11.3 Å². The smallest absolute Gasteiger partial charge is 0.257 e. The minimum atomic E-state index is -0.178. The summed E-state index contributed by atoms with van der Waals surface area (Å²) in [5.74, 6) is -0.178. The Balaban J connectivity index is 1.91. The first kappa shape index (κ1) is 16.2. The minimum Gasteiger partial charge on any atom is -0.312 e. The molecule has 0 radical (unpaired) electrons. The SMILES string of the molecule is N#Cc1c(NC(=O)c2ccccc2Br)sc2c1CCCCCC2. The number of hydrogen-bond acceptors (Lipinski definition) is 3. The number of thiophene rings is 1. The first-order valence-corrected chi connectivity index (χ1v) is 9.42. The van der Waals surface area contributed by atoms with Crippen LogP contribution in [0.3, 0.4) is 0 Å². The molecule has 0 aliphatic heterocycles. The molecule has 0 saturated heterocycles. The van der Waals surface area contributed by atoms with Crippen molar-refractivity contribution in [2.45, 2.75) is 38.5 Å². The average Bonchev–Trinajstić information content (AvgIpc) is 2.83. The highest BCUT2D eigenvalue weighted by Gasteiger charge is 2.21. The van der Waals surface area contributed by atoms with Crippen molar-refractivity contribution in [1.29, 1.82) is 5.26 Å². The summed E-state index contributed by atoms with van der Waals surface area (Å²) in [4.78, 5) is 13.8. The number of carbonyl (C=O) groups is 1. The van der Waals surface area contributed by atoms with Crippen molar-refractivity contribution in [2.24, 2.45) is 0 Å². The molecule has 0 atom stereocenters. The van der Waals surface area contributed by atoms with Crippen molar-refractivity contribution in [3.05, 3.63) is 50.3 Å². The summed E-state index contributed by atoms with van der Waals surface area (Å²) in [7, 11) is 0. The van der Waals surface area contributed by atoms with E-state index in [-0.39, 0.29) is 5.91 Å². The van der Waals surface area contributed by atoms with E-state index in [2.05, 4.69) is 27.3 Å². The zero-order valence-electron chi connectivity index (χ0n) is 12.7. The molecular formula is C18H17BrN2OS. The molecule has 118 valence electrons. The number of amides is 1. The van der Waals surface area contributed by atoms with Gasteiger partial charge in [0.25, 0.3) is 5.91 Å². The van der Waals surface area contributed by atoms with Crippen molar-refractivity contribution in [2.75, 3.05) is 5.32 Å². The topological polar surface area (TPSA) is 52.9 Å². The quantitative estimate of drug-likeness (QED) is 0.759. The number of aryl methyl sites for hydroxylation is 1. The van der Waals surface area contributed by atoms with Crippen LogP contribution in [0.1, 0.15) is 52.0 Å². The number of nitriles is 1. The fourth-order valence-electron chi connectivity index (χ4n) is 2.94. The molecule has 1 heterocycles.